The summed E-state index contributed by atoms with van der Waals surface area (Å²) in [6, 6.07) is 5.34. The van der Waals surface area contributed by atoms with Crippen molar-refractivity contribution in [1.29, 1.82) is 0 Å². The number of rotatable bonds is 7. The summed E-state index contributed by atoms with van der Waals surface area (Å²) in [5.41, 5.74) is 0.890. The van der Waals surface area contributed by atoms with E-state index in [2.05, 4.69) is 17.1 Å². The average molecular weight is 292 g/mol. The SMILES string of the molecule is COc1ccc(O)c(CNCCCN2CCC(C)CC2)c1. The van der Waals surface area contributed by atoms with Crippen LogP contribution in [0.15, 0.2) is 18.2 Å². The Kier molecular flexibility index (Phi) is 6.33. The van der Waals surface area contributed by atoms with E-state index in [4.69, 9.17) is 4.74 Å². The summed E-state index contributed by atoms with van der Waals surface area (Å²) < 4.78 is 5.18. The second-order valence-electron chi connectivity index (χ2n) is 6.05. The molecule has 1 aliphatic heterocycles. The molecule has 0 spiro atoms. The Labute approximate surface area is 128 Å². The van der Waals surface area contributed by atoms with Crippen LogP contribution in [-0.2, 0) is 6.54 Å². The van der Waals surface area contributed by atoms with E-state index in [1.807, 2.05) is 6.07 Å². The molecule has 118 valence electrons. The maximum Gasteiger partial charge on any atom is 0.120 e. The van der Waals surface area contributed by atoms with Crippen LogP contribution in [0.3, 0.4) is 0 Å². The van der Waals surface area contributed by atoms with E-state index in [1.54, 1.807) is 19.2 Å². The number of hydrogen-bond acceptors (Lipinski definition) is 4. The van der Waals surface area contributed by atoms with Crippen LogP contribution < -0.4 is 10.1 Å². The van der Waals surface area contributed by atoms with E-state index >= 15 is 0 Å². The molecule has 1 heterocycles. The van der Waals surface area contributed by atoms with E-state index in [-0.39, 0.29) is 0 Å². The van der Waals surface area contributed by atoms with Crippen LogP contribution >= 0.6 is 0 Å². The first-order valence-electron chi connectivity index (χ1n) is 7.98. The number of methoxy groups -OCH3 is 1. The predicted octanol–water partition coefficient (Wildman–Crippen LogP) is 2.61. The Morgan fingerprint density at radius 3 is 2.81 bits per heavy atom. The molecule has 0 amide bonds. The van der Waals surface area contributed by atoms with Crippen molar-refractivity contribution in [2.45, 2.75) is 32.7 Å². The van der Waals surface area contributed by atoms with Crippen molar-refractivity contribution in [2.75, 3.05) is 33.3 Å². The summed E-state index contributed by atoms with van der Waals surface area (Å²) in [6.45, 7) is 7.67. The smallest absolute Gasteiger partial charge is 0.120 e. The summed E-state index contributed by atoms with van der Waals surface area (Å²) in [7, 11) is 1.64. The fourth-order valence-electron chi connectivity index (χ4n) is 2.77. The summed E-state index contributed by atoms with van der Waals surface area (Å²) in [5, 5.41) is 13.2. The molecule has 0 radical (unpaired) electrons. The summed E-state index contributed by atoms with van der Waals surface area (Å²) >= 11 is 0. The number of likely N-dealkylation sites (tertiary alicyclic amines) is 1. The van der Waals surface area contributed by atoms with Crippen LogP contribution in [0.5, 0.6) is 11.5 Å². The van der Waals surface area contributed by atoms with Gasteiger partial charge in [-0.25, -0.2) is 0 Å². The van der Waals surface area contributed by atoms with E-state index in [0.29, 0.717) is 12.3 Å². The lowest BCUT2D eigenvalue weighted by atomic mass is 9.99. The zero-order chi connectivity index (χ0) is 15.1. The molecule has 1 aromatic rings. The van der Waals surface area contributed by atoms with Crippen molar-refractivity contribution in [3.63, 3.8) is 0 Å². The molecule has 1 aromatic carbocycles. The lowest BCUT2D eigenvalue weighted by Crippen LogP contribution is -2.34. The van der Waals surface area contributed by atoms with Crippen molar-refractivity contribution in [3.8, 4) is 11.5 Å². The maximum atomic E-state index is 9.81. The number of benzene rings is 1. The lowest BCUT2D eigenvalue weighted by Gasteiger charge is -2.30. The highest BCUT2D eigenvalue weighted by molar-refractivity contribution is 5.39. The van der Waals surface area contributed by atoms with Crippen molar-refractivity contribution < 1.29 is 9.84 Å². The lowest BCUT2D eigenvalue weighted by molar-refractivity contribution is 0.190. The average Bonchev–Trinajstić information content (AvgIpc) is 2.50. The van der Waals surface area contributed by atoms with E-state index in [9.17, 15) is 5.11 Å². The zero-order valence-corrected chi connectivity index (χ0v) is 13.3. The van der Waals surface area contributed by atoms with Crippen molar-refractivity contribution in [3.05, 3.63) is 23.8 Å². The van der Waals surface area contributed by atoms with E-state index in [0.717, 1.165) is 30.2 Å². The number of phenolic OH excluding ortho intramolecular Hbond substituents is 1. The molecule has 2 rings (SSSR count). The van der Waals surface area contributed by atoms with Gasteiger partial charge in [0.25, 0.3) is 0 Å². The molecule has 1 saturated heterocycles. The molecule has 0 atom stereocenters. The number of phenols is 1. The molecule has 1 fully saturated rings. The second-order valence-corrected chi connectivity index (χ2v) is 6.05. The van der Waals surface area contributed by atoms with Gasteiger partial charge in [-0.1, -0.05) is 6.92 Å². The van der Waals surface area contributed by atoms with Crippen LogP contribution in [0, 0.1) is 5.92 Å². The minimum atomic E-state index is 0.327. The predicted molar refractivity (Wildman–Crippen MR) is 85.8 cm³/mol. The highest BCUT2D eigenvalue weighted by atomic mass is 16.5. The Hall–Kier alpha value is -1.26. The fourth-order valence-corrected chi connectivity index (χ4v) is 2.77. The van der Waals surface area contributed by atoms with Gasteiger partial charge in [0, 0.05) is 12.1 Å². The largest absolute Gasteiger partial charge is 0.508 e. The number of nitrogens with zero attached hydrogens (tertiary/aromatic N) is 1. The molecular weight excluding hydrogens is 264 g/mol. The molecule has 4 heteroatoms. The first kappa shape index (κ1) is 16.1. The zero-order valence-electron chi connectivity index (χ0n) is 13.3. The first-order valence-corrected chi connectivity index (χ1v) is 7.98. The molecule has 21 heavy (non-hydrogen) atoms. The van der Waals surface area contributed by atoms with Gasteiger partial charge in [-0.15, -0.1) is 0 Å². The van der Waals surface area contributed by atoms with Gasteiger partial charge < -0.3 is 20.1 Å². The van der Waals surface area contributed by atoms with Crippen molar-refractivity contribution in [2.24, 2.45) is 5.92 Å². The van der Waals surface area contributed by atoms with Gasteiger partial charge in [0.1, 0.15) is 11.5 Å². The second kappa shape index (κ2) is 8.25. The minimum absolute atomic E-state index is 0.327. The Morgan fingerprint density at radius 1 is 1.33 bits per heavy atom. The van der Waals surface area contributed by atoms with Gasteiger partial charge in [-0.2, -0.15) is 0 Å². The van der Waals surface area contributed by atoms with Crippen LogP contribution in [0.2, 0.25) is 0 Å². The van der Waals surface area contributed by atoms with Gasteiger partial charge >= 0.3 is 0 Å². The fraction of sp³-hybridized carbons (Fsp3) is 0.647. The number of ether oxygens (including phenoxy) is 1. The quantitative estimate of drug-likeness (QED) is 0.758. The van der Waals surface area contributed by atoms with Gasteiger partial charge in [0.05, 0.1) is 7.11 Å². The van der Waals surface area contributed by atoms with E-state index < -0.39 is 0 Å². The molecule has 0 aromatic heterocycles. The minimum Gasteiger partial charge on any atom is -0.508 e. The molecule has 0 saturated carbocycles. The maximum absolute atomic E-state index is 9.81. The number of hydrogen-bond donors (Lipinski definition) is 2. The van der Waals surface area contributed by atoms with Crippen LogP contribution in [0.25, 0.3) is 0 Å². The molecule has 2 N–H and O–H groups in total. The Balaban J connectivity index is 1.63. The highest BCUT2D eigenvalue weighted by Crippen LogP contribution is 2.22. The van der Waals surface area contributed by atoms with Gasteiger partial charge in [-0.05, 0) is 69.6 Å². The summed E-state index contributed by atoms with van der Waals surface area (Å²) in [4.78, 5) is 2.56. The molecular formula is C17H28N2O2. The number of aromatic hydroxyl groups is 1. The molecule has 0 aliphatic carbocycles. The highest BCUT2D eigenvalue weighted by Gasteiger charge is 2.14. The Morgan fingerprint density at radius 2 is 2.10 bits per heavy atom. The third-order valence-electron chi connectivity index (χ3n) is 4.31. The van der Waals surface area contributed by atoms with Crippen molar-refractivity contribution in [1.82, 2.24) is 10.2 Å². The van der Waals surface area contributed by atoms with Crippen LogP contribution in [-0.4, -0.2) is 43.3 Å². The molecule has 4 nitrogen and oxygen atoms in total. The monoisotopic (exact) mass is 292 g/mol. The van der Waals surface area contributed by atoms with Crippen LogP contribution in [0.4, 0.5) is 0 Å². The van der Waals surface area contributed by atoms with Crippen molar-refractivity contribution >= 4 is 0 Å². The van der Waals surface area contributed by atoms with E-state index in [1.165, 1.54) is 32.5 Å². The van der Waals surface area contributed by atoms with Gasteiger partial charge in [0.2, 0.25) is 0 Å². The Bertz CT molecular complexity index is 429. The molecule has 0 unspecified atom stereocenters. The van der Waals surface area contributed by atoms with Gasteiger partial charge in [0.15, 0.2) is 0 Å². The van der Waals surface area contributed by atoms with Crippen LogP contribution in [0.1, 0.15) is 31.7 Å². The standard InChI is InChI=1S/C17H28N2O2/c1-14-6-10-19(11-7-14)9-3-8-18-13-15-12-16(21-2)4-5-17(15)20/h4-5,12,14,18,20H,3,6-11,13H2,1-2H3. The summed E-state index contributed by atoms with van der Waals surface area (Å²) in [6.07, 6.45) is 3.83. The van der Waals surface area contributed by atoms with Gasteiger partial charge in [-0.3, -0.25) is 0 Å². The molecule has 0 bridgehead atoms. The number of piperidine rings is 1. The number of nitrogens with one attached hydrogen (secondary N) is 1. The third-order valence-corrected chi connectivity index (χ3v) is 4.31. The molecule has 1 aliphatic rings. The first-order chi connectivity index (χ1) is 10.2. The normalized spacial score (nSPS) is 17.0. The third kappa shape index (κ3) is 5.21. The summed E-state index contributed by atoms with van der Waals surface area (Å²) in [5.74, 6) is 2.01. The topological polar surface area (TPSA) is 44.7 Å².